The Morgan fingerprint density at radius 3 is 2.71 bits per heavy atom. The first-order chi connectivity index (χ1) is 8.03. The normalized spacial score (nSPS) is 11.9. The molecule has 0 fully saturated rings. The number of hydrogen-bond donors (Lipinski definition) is 0. The molecule has 0 saturated carbocycles. The topological polar surface area (TPSA) is 26.6 Å². The Morgan fingerprint density at radius 2 is 2.06 bits per heavy atom. The van der Waals surface area contributed by atoms with Gasteiger partial charge in [0.15, 0.2) is 6.67 Å². The van der Waals surface area contributed by atoms with Crippen molar-refractivity contribution in [2.45, 2.75) is 25.8 Å². The van der Waals surface area contributed by atoms with E-state index in [1.54, 1.807) is 46.4 Å². The molecule has 0 unspecified atom stereocenters. The zero-order valence-corrected chi connectivity index (χ0v) is 9.01. The summed E-state index contributed by atoms with van der Waals surface area (Å²) in [6.45, 7) is 0.432. The molecule has 17 heavy (non-hydrogen) atoms. The van der Waals surface area contributed by atoms with E-state index in [2.05, 4.69) is 5.10 Å². The van der Waals surface area contributed by atoms with E-state index in [-0.39, 0.29) is 6.54 Å². The molecule has 2 aromatic heterocycles. The van der Waals surface area contributed by atoms with E-state index in [0.29, 0.717) is 6.67 Å². The van der Waals surface area contributed by atoms with Crippen molar-refractivity contribution in [2.75, 3.05) is 0 Å². The van der Waals surface area contributed by atoms with Crippen molar-refractivity contribution in [1.82, 2.24) is 14.3 Å². The first-order valence-corrected chi connectivity index (χ1v) is 5.12. The molecule has 0 bridgehead atoms. The molecule has 0 aliphatic rings. The molecule has 0 radical (unpaired) electrons. The second kappa shape index (κ2) is 4.60. The van der Waals surface area contributed by atoms with E-state index in [0.717, 1.165) is 0 Å². The Balaban J connectivity index is 1.92. The van der Waals surface area contributed by atoms with Crippen LogP contribution in [0.15, 0.2) is 37.2 Å². The molecule has 0 N–H and O–H groups in total. The van der Waals surface area contributed by atoms with Crippen LogP contribution in [0.25, 0.3) is 0 Å². The van der Waals surface area contributed by atoms with Crippen molar-refractivity contribution in [3.63, 3.8) is 0 Å². The van der Waals surface area contributed by atoms with Gasteiger partial charge in [-0.3, -0.25) is 0 Å². The van der Waals surface area contributed by atoms with Crippen LogP contribution in [-0.2, 0) is 13.2 Å². The van der Waals surface area contributed by atoms with Gasteiger partial charge in [0, 0.05) is 12.4 Å². The fourth-order valence-corrected chi connectivity index (χ4v) is 1.46. The van der Waals surface area contributed by atoms with Gasteiger partial charge in [0.2, 0.25) is 6.33 Å². The highest BCUT2D eigenvalue weighted by Gasteiger charge is 2.27. The Morgan fingerprint density at radius 1 is 1.24 bits per heavy atom. The van der Waals surface area contributed by atoms with Crippen LogP contribution in [0.3, 0.4) is 0 Å². The number of imidazole rings is 1. The molecule has 0 amide bonds. The molecule has 0 aliphatic carbocycles. The number of alkyl halides is 3. The largest absolute Gasteiger partial charge is 0.392 e. The second-order valence-electron chi connectivity index (χ2n) is 3.72. The smallest absolute Gasteiger partial charge is 0.236 e. The third-order valence-corrected chi connectivity index (χ3v) is 2.27. The van der Waals surface area contributed by atoms with Crippen molar-refractivity contribution in [1.29, 1.82) is 0 Å². The van der Waals surface area contributed by atoms with Gasteiger partial charge in [0.25, 0.3) is 0 Å². The number of aryl methyl sites for hydroxylation is 1. The first kappa shape index (κ1) is 11.7. The summed E-state index contributed by atoms with van der Waals surface area (Å²) in [6, 6.07) is 1.79. The summed E-state index contributed by atoms with van der Waals surface area (Å²) in [5.41, 5.74) is 0. The van der Waals surface area contributed by atoms with Crippen molar-refractivity contribution in [3.05, 3.63) is 37.2 Å². The third-order valence-electron chi connectivity index (χ3n) is 2.27. The van der Waals surface area contributed by atoms with E-state index < -0.39 is 12.6 Å². The van der Waals surface area contributed by atoms with Gasteiger partial charge in [-0.05, 0) is 6.07 Å². The lowest BCUT2D eigenvalue weighted by atomic mass is 10.4. The third kappa shape index (κ3) is 3.61. The quantitative estimate of drug-likeness (QED) is 0.748. The van der Waals surface area contributed by atoms with Gasteiger partial charge in [-0.25, -0.2) is 13.8 Å². The Labute approximate surface area is 95.9 Å². The number of halogens is 3. The van der Waals surface area contributed by atoms with Crippen LogP contribution in [0.2, 0.25) is 0 Å². The molecule has 0 saturated heterocycles. The number of hydrogen-bond acceptors (Lipinski definition) is 1. The Hall–Kier alpha value is -1.79. The number of aromatic nitrogens is 4. The van der Waals surface area contributed by atoms with Crippen LogP contribution in [-0.4, -0.2) is 20.5 Å². The minimum absolute atomic E-state index is 0.0599. The summed E-state index contributed by atoms with van der Waals surface area (Å²) in [7, 11) is 0. The van der Waals surface area contributed by atoms with Crippen LogP contribution < -0.4 is 4.57 Å². The summed E-state index contributed by atoms with van der Waals surface area (Å²) >= 11 is 0. The summed E-state index contributed by atoms with van der Waals surface area (Å²) in [6.07, 6.45) is 3.49. The zero-order chi connectivity index (χ0) is 12.3. The summed E-state index contributed by atoms with van der Waals surface area (Å²) in [4.78, 5) is 0. The minimum Gasteiger partial charge on any atom is -0.236 e. The van der Waals surface area contributed by atoms with Crippen LogP contribution >= 0.6 is 0 Å². The fourth-order valence-electron chi connectivity index (χ4n) is 1.46. The maximum absolute atomic E-state index is 12.0. The monoisotopic (exact) mass is 245 g/mol. The molecular formula is C10H12F3N4+. The summed E-state index contributed by atoms with van der Waals surface area (Å²) in [5, 5.41) is 4.01. The fraction of sp³-hybridized carbons (Fsp3) is 0.400. The lowest BCUT2D eigenvalue weighted by molar-refractivity contribution is -0.702. The molecule has 92 valence electrons. The maximum atomic E-state index is 12.0. The van der Waals surface area contributed by atoms with E-state index in [9.17, 15) is 13.2 Å². The van der Waals surface area contributed by atoms with Crippen LogP contribution in [0.5, 0.6) is 0 Å². The van der Waals surface area contributed by atoms with Crippen molar-refractivity contribution in [3.8, 4) is 0 Å². The van der Waals surface area contributed by atoms with Crippen LogP contribution in [0, 0.1) is 0 Å². The van der Waals surface area contributed by atoms with Crippen LogP contribution in [0.1, 0.15) is 6.42 Å². The Kier molecular flexibility index (Phi) is 3.16. The highest BCUT2D eigenvalue weighted by molar-refractivity contribution is 4.76. The van der Waals surface area contributed by atoms with Gasteiger partial charge in [-0.15, -0.1) is 0 Å². The zero-order valence-electron chi connectivity index (χ0n) is 9.01. The van der Waals surface area contributed by atoms with Gasteiger partial charge in [-0.1, -0.05) is 0 Å². The van der Waals surface area contributed by atoms with E-state index in [1.165, 1.54) is 4.57 Å². The number of rotatable bonds is 4. The first-order valence-electron chi connectivity index (χ1n) is 5.12. The van der Waals surface area contributed by atoms with Crippen LogP contribution in [0.4, 0.5) is 13.2 Å². The molecule has 2 aromatic rings. The average Bonchev–Trinajstić information content (AvgIpc) is 2.86. The van der Waals surface area contributed by atoms with E-state index in [4.69, 9.17) is 0 Å². The molecule has 0 aliphatic heterocycles. The summed E-state index contributed by atoms with van der Waals surface area (Å²) < 4.78 is 41.0. The van der Waals surface area contributed by atoms with E-state index in [1.807, 2.05) is 0 Å². The lowest BCUT2D eigenvalue weighted by Crippen LogP contribution is -2.35. The molecule has 2 rings (SSSR count). The molecule has 4 nitrogen and oxygen atoms in total. The minimum atomic E-state index is -4.11. The van der Waals surface area contributed by atoms with Gasteiger partial charge in [0.05, 0.1) is 13.0 Å². The molecular weight excluding hydrogens is 233 g/mol. The van der Waals surface area contributed by atoms with Crippen molar-refractivity contribution < 1.29 is 17.7 Å². The average molecular weight is 245 g/mol. The summed E-state index contributed by atoms with van der Waals surface area (Å²) in [5.74, 6) is 0. The SMILES string of the molecule is FC(F)(F)CCn1cc[n+](Cn2cccn2)c1. The van der Waals surface area contributed by atoms with Gasteiger partial charge in [0.1, 0.15) is 12.4 Å². The van der Waals surface area contributed by atoms with Gasteiger partial charge >= 0.3 is 6.18 Å². The number of nitrogens with zero attached hydrogens (tertiary/aromatic N) is 4. The van der Waals surface area contributed by atoms with Gasteiger partial charge < -0.3 is 0 Å². The lowest BCUT2D eigenvalue weighted by Gasteiger charge is -2.02. The predicted molar refractivity (Wildman–Crippen MR) is 52.9 cm³/mol. The molecule has 2 heterocycles. The molecule has 0 atom stereocenters. The standard InChI is InChI=1S/C10H12F3N4/c11-10(12,13)2-5-15-6-7-16(8-15)9-17-4-1-3-14-17/h1,3-4,6-8H,2,5,9H2/q+1. The maximum Gasteiger partial charge on any atom is 0.392 e. The highest BCUT2D eigenvalue weighted by atomic mass is 19.4. The predicted octanol–water partition coefficient (Wildman–Crippen LogP) is 1.43. The molecule has 0 spiro atoms. The van der Waals surface area contributed by atoms with Gasteiger partial charge in [-0.2, -0.15) is 18.3 Å². The molecule has 7 heteroatoms. The van der Waals surface area contributed by atoms with E-state index >= 15 is 0 Å². The Bertz CT molecular complexity index is 458. The van der Waals surface area contributed by atoms with Crippen molar-refractivity contribution >= 4 is 0 Å². The highest BCUT2D eigenvalue weighted by Crippen LogP contribution is 2.19. The second-order valence-corrected chi connectivity index (χ2v) is 3.72. The van der Waals surface area contributed by atoms with Crippen molar-refractivity contribution in [2.24, 2.45) is 0 Å². The molecule has 0 aromatic carbocycles.